The van der Waals surface area contributed by atoms with E-state index in [0.29, 0.717) is 35.7 Å². The number of anilines is 1. The standard InChI is InChI=1S/C17H16N4O4S/c22-13-4-1-3-11(9-13)16(23)18-7-2-8-19-17-20-14-6-5-12(21(24)25)10-15(14)26-17/h1,3-6,9-10,22H,2,7-8H2,(H,18,23)(H,19,20). The first-order chi connectivity index (χ1) is 12.5. The number of carbonyl (C=O) groups excluding carboxylic acids is 1. The van der Waals surface area contributed by atoms with Gasteiger partial charge in [0.1, 0.15) is 5.75 Å². The fourth-order valence-electron chi connectivity index (χ4n) is 2.34. The number of nitrogens with zero attached hydrogens (tertiary/aromatic N) is 2. The van der Waals surface area contributed by atoms with Crippen LogP contribution in [0.25, 0.3) is 10.2 Å². The number of aromatic nitrogens is 1. The zero-order valence-electron chi connectivity index (χ0n) is 13.6. The minimum Gasteiger partial charge on any atom is -0.508 e. The molecule has 0 unspecified atom stereocenters. The summed E-state index contributed by atoms with van der Waals surface area (Å²) in [6.07, 6.45) is 0.681. The zero-order chi connectivity index (χ0) is 18.5. The lowest BCUT2D eigenvalue weighted by Crippen LogP contribution is -2.25. The first kappa shape index (κ1) is 17.6. The maximum atomic E-state index is 11.9. The highest BCUT2D eigenvalue weighted by Crippen LogP contribution is 2.28. The molecule has 0 fully saturated rings. The molecule has 2 aromatic carbocycles. The molecule has 9 heteroatoms. The van der Waals surface area contributed by atoms with Crippen LogP contribution in [0, 0.1) is 10.1 Å². The van der Waals surface area contributed by atoms with E-state index in [0.717, 1.165) is 4.70 Å². The van der Waals surface area contributed by atoms with Crippen molar-refractivity contribution in [3.05, 3.63) is 58.1 Å². The smallest absolute Gasteiger partial charge is 0.270 e. The van der Waals surface area contributed by atoms with Crippen LogP contribution in [-0.4, -0.2) is 34.0 Å². The number of hydrogen-bond acceptors (Lipinski definition) is 7. The minimum atomic E-state index is -0.429. The molecule has 26 heavy (non-hydrogen) atoms. The summed E-state index contributed by atoms with van der Waals surface area (Å²) in [5, 5.41) is 26.8. The van der Waals surface area contributed by atoms with Crippen molar-refractivity contribution in [2.75, 3.05) is 18.4 Å². The van der Waals surface area contributed by atoms with Crippen LogP contribution in [0.1, 0.15) is 16.8 Å². The molecule has 0 atom stereocenters. The Bertz CT molecular complexity index is 957. The molecule has 1 amide bonds. The molecule has 0 saturated heterocycles. The molecule has 0 aliphatic carbocycles. The second-order valence-electron chi connectivity index (χ2n) is 5.51. The quantitative estimate of drug-likeness (QED) is 0.333. The highest BCUT2D eigenvalue weighted by molar-refractivity contribution is 7.22. The summed E-state index contributed by atoms with van der Waals surface area (Å²) in [6, 6.07) is 10.7. The molecule has 0 spiro atoms. The molecule has 8 nitrogen and oxygen atoms in total. The molecule has 134 valence electrons. The summed E-state index contributed by atoms with van der Waals surface area (Å²) in [6.45, 7) is 1.07. The Morgan fingerprint density at radius 3 is 2.85 bits per heavy atom. The number of carbonyl (C=O) groups is 1. The topological polar surface area (TPSA) is 117 Å². The zero-order valence-corrected chi connectivity index (χ0v) is 14.5. The number of nitro groups is 1. The SMILES string of the molecule is O=C(NCCCNc1nc2ccc([N+](=O)[O-])cc2s1)c1cccc(O)c1. The van der Waals surface area contributed by atoms with Crippen molar-refractivity contribution in [2.24, 2.45) is 0 Å². The van der Waals surface area contributed by atoms with E-state index >= 15 is 0 Å². The van der Waals surface area contributed by atoms with Gasteiger partial charge in [-0.05, 0) is 30.7 Å². The van der Waals surface area contributed by atoms with E-state index < -0.39 is 4.92 Å². The average Bonchev–Trinajstić information content (AvgIpc) is 3.03. The molecule has 0 radical (unpaired) electrons. The van der Waals surface area contributed by atoms with Gasteiger partial charge in [-0.15, -0.1) is 0 Å². The summed E-state index contributed by atoms with van der Waals surface area (Å²) in [7, 11) is 0. The Kier molecular flexibility index (Phi) is 5.28. The van der Waals surface area contributed by atoms with Gasteiger partial charge in [-0.25, -0.2) is 4.98 Å². The molecule has 1 heterocycles. The van der Waals surface area contributed by atoms with Crippen LogP contribution >= 0.6 is 11.3 Å². The second kappa shape index (κ2) is 7.79. The molecule has 0 saturated carbocycles. The van der Waals surface area contributed by atoms with Crippen molar-refractivity contribution in [1.29, 1.82) is 0 Å². The van der Waals surface area contributed by atoms with Crippen LogP contribution in [-0.2, 0) is 0 Å². The number of phenolic OH excluding ortho intramolecular Hbond substituents is 1. The fourth-order valence-corrected chi connectivity index (χ4v) is 3.26. The van der Waals surface area contributed by atoms with Crippen LogP contribution in [0.4, 0.5) is 10.8 Å². The molecule has 3 aromatic rings. The van der Waals surface area contributed by atoms with E-state index in [1.807, 2.05) is 0 Å². The Hall–Kier alpha value is -3.20. The van der Waals surface area contributed by atoms with Gasteiger partial charge in [-0.2, -0.15) is 0 Å². The number of aromatic hydroxyl groups is 1. The number of nitro benzene ring substituents is 1. The van der Waals surface area contributed by atoms with Gasteiger partial charge in [-0.1, -0.05) is 17.4 Å². The molecule has 3 N–H and O–H groups in total. The second-order valence-corrected chi connectivity index (χ2v) is 6.55. The third-order valence-corrected chi connectivity index (χ3v) is 4.58. The van der Waals surface area contributed by atoms with E-state index in [1.165, 1.54) is 35.6 Å². The van der Waals surface area contributed by atoms with Crippen molar-refractivity contribution in [3.8, 4) is 5.75 Å². The van der Waals surface area contributed by atoms with Crippen molar-refractivity contribution in [2.45, 2.75) is 6.42 Å². The Balaban J connectivity index is 1.47. The predicted octanol–water partition coefficient (Wildman–Crippen LogP) is 3.14. The number of thiazole rings is 1. The van der Waals surface area contributed by atoms with Gasteiger partial charge in [0, 0.05) is 30.8 Å². The highest BCUT2D eigenvalue weighted by Gasteiger charge is 2.10. The number of fused-ring (bicyclic) bond motifs is 1. The molecule has 0 aliphatic rings. The monoisotopic (exact) mass is 372 g/mol. The van der Waals surface area contributed by atoms with E-state index in [-0.39, 0.29) is 17.3 Å². The molecule has 1 aromatic heterocycles. The summed E-state index contributed by atoms with van der Waals surface area (Å²) >= 11 is 1.35. The third-order valence-electron chi connectivity index (χ3n) is 3.61. The van der Waals surface area contributed by atoms with Crippen molar-refractivity contribution < 1.29 is 14.8 Å². The lowest BCUT2D eigenvalue weighted by Gasteiger charge is -2.06. The lowest BCUT2D eigenvalue weighted by molar-refractivity contribution is -0.384. The third kappa shape index (κ3) is 4.25. The number of non-ortho nitro benzene ring substituents is 1. The summed E-state index contributed by atoms with van der Waals surface area (Å²) in [4.78, 5) is 26.7. The Morgan fingerprint density at radius 1 is 1.23 bits per heavy atom. The number of nitrogens with one attached hydrogen (secondary N) is 2. The summed E-state index contributed by atoms with van der Waals surface area (Å²) in [5.41, 5.74) is 1.16. The Morgan fingerprint density at radius 2 is 2.08 bits per heavy atom. The average molecular weight is 372 g/mol. The molecule has 3 rings (SSSR count). The van der Waals surface area contributed by atoms with E-state index in [1.54, 1.807) is 18.2 Å². The number of hydrogen-bond donors (Lipinski definition) is 3. The van der Waals surface area contributed by atoms with Gasteiger partial charge in [-0.3, -0.25) is 14.9 Å². The van der Waals surface area contributed by atoms with Gasteiger partial charge in [0.15, 0.2) is 5.13 Å². The first-order valence-electron chi connectivity index (χ1n) is 7.89. The van der Waals surface area contributed by atoms with Gasteiger partial charge in [0.25, 0.3) is 11.6 Å². The Labute approximate surface area is 152 Å². The van der Waals surface area contributed by atoms with Gasteiger partial charge >= 0.3 is 0 Å². The van der Waals surface area contributed by atoms with E-state index in [4.69, 9.17) is 0 Å². The number of phenols is 1. The number of benzene rings is 2. The van der Waals surface area contributed by atoms with Gasteiger partial charge in [0.05, 0.1) is 15.1 Å². The maximum absolute atomic E-state index is 11.9. The molecular weight excluding hydrogens is 356 g/mol. The predicted molar refractivity (Wildman–Crippen MR) is 99.8 cm³/mol. The van der Waals surface area contributed by atoms with Crippen molar-refractivity contribution >= 4 is 38.3 Å². The summed E-state index contributed by atoms with van der Waals surface area (Å²) < 4.78 is 0.749. The molecule has 0 aliphatic heterocycles. The van der Waals surface area contributed by atoms with Crippen LogP contribution in [0.5, 0.6) is 5.75 Å². The van der Waals surface area contributed by atoms with E-state index in [9.17, 15) is 20.0 Å². The largest absolute Gasteiger partial charge is 0.508 e. The fraction of sp³-hybridized carbons (Fsp3) is 0.176. The molecular formula is C17H16N4O4S. The van der Waals surface area contributed by atoms with Crippen LogP contribution in [0.15, 0.2) is 42.5 Å². The first-order valence-corrected chi connectivity index (χ1v) is 8.70. The van der Waals surface area contributed by atoms with Crippen LogP contribution in [0.2, 0.25) is 0 Å². The highest BCUT2D eigenvalue weighted by atomic mass is 32.1. The minimum absolute atomic E-state index is 0.0439. The normalized spacial score (nSPS) is 10.6. The summed E-state index contributed by atoms with van der Waals surface area (Å²) in [5.74, 6) is -0.191. The van der Waals surface area contributed by atoms with E-state index in [2.05, 4.69) is 15.6 Å². The van der Waals surface area contributed by atoms with Crippen molar-refractivity contribution in [3.63, 3.8) is 0 Å². The maximum Gasteiger partial charge on any atom is 0.270 e. The van der Waals surface area contributed by atoms with Crippen LogP contribution < -0.4 is 10.6 Å². The van der Waals surface area contributed by atoms with Crippen LogP contribution in [0.3, 0.4) is 0 Å². The van der Waals surface area contributed by atoms with Crippen molar-refractivity contribution in [1.82, 2.24) is 10.3 Å². The van der Waals surface area contributed by atoms with Gasteiger partial charge in [0.2, 0.25) is 0 Å². The van der Waals surface area contributed by atoms with Gasteiger partial charge < -0.3 is 15.7 Å². The number of amides is 1. The molecule has 0 bridgehead atoms. The lowest BCUT2D eigenvalue weighted by atomic mass is 10.2. The number of rotatable bonds is 7.